The van der Waals surface area contributed by atoms with Crippen LogP contribution in [-0.4, -0.2) is 25.3 Å². The molecule has 0 fully saturated rings. The number of carbonyl (C=O) groups excluding carboxylic acids is 1. The Bertz CT molecular complexity index is 137. The topological polar surface area (TPSA) is 62.1 Å². The molecule has 0 saturated carbocycles. The summed E-state index contributed by atoms with van der Waals surface area (Å²) in [7, 11) is 0. The normalized spacial score (nSPS) is 12.8. The summed E-state index contributed by atoms with van der Waals surface area (Å²) in [6.45, 7) is 6.32. The summed E-state index contributed by atoms with van der Waals surface area (Å²) in [6, 6.07) is -0.135. The number of hydrogen-bond acceptors (Lipinski definition) is 2. The van der Waals surface area contributed by atoms with Crippen molar-refractivity contribution in [3.8, 4) is 0 Å². The molecule has 71 valence electrons. The summed E-state index contributed by atoms with van der Waals surface area (Å²) in [6.07, 6.45) is -0.427. The molecular weight excluding hydrogens is 156 g/mol. The second kappa shape index (κ2) is 5.83. The van der Waals surface area contributed by atoms with Crippen LogP contribution in [-0.2, 0) is 4.74 Å². The van der Waals surface area contributed by atoms with E-state index in [0.29, 0.717) is 12.5 Å². The standard InChI is InChI=1S/C8H17N2O2/c1-6(2)5-12-8(11)10-7(3)4-9/h6-7,9H,4-5H2,1-3H3,(H,10,11). The number of ether oxygens (including phenoxy) is 1. The van der Waals surface area contributed by atoms with Gasteiger partial charge in [0, 0.05) is 12.6 Å². The lowest BCUT2D eigenvalue weighted by atomic mass is 10.2. The Labute approximate surface area is 73.5 Å². The van der Waals surface area contributed by atoms with Crippen molar-refractivity contribution >= 4 is 6.09 Å². The van der Waals surface area contributed by atoms with Gasteiger partial charge < -0.3 is 10.1 Å². The monoisotopic (exact) mass is 173 g/mol. The highest BCUT2D eigenvalue weighted by atomic mass is 16.5. The van der Waals surface area contributed by atoms with Crippen LogP contribution in [0.3, 0.4) is 0 Å². The summed E-state index contributed by atoms with van der Waals surface area (Å²) >= 11 is 0. The van der Waals surface area contributed by atoms with E-state index in [1.54, 1.807) is 6.92 Å². The smallest absolute Gasteiger partial charge is 0.407 e. The average molecular weight is 173 g/mol. The Morgan fingerprint density at radius 3 is 2.50 bits per heavy atom. The molecule has 0 aromatic carbocycles. The Morgan fingerprint density at radius 1 is 1.50 bits per heavy atom. The predicted molar refractivity (Wildman–Crippen MR) is 46.7 cm³/mol. The molecule has 0 spiro atoms. The average Bonchev–Trinajstić information content (AvgIpc) is 2.00. The fraction of sp³-hybridized carbons (Fsp3) is 0.875. The first-order valence-corrected chi connectivity index (χ1v) is 4.14. The molecule has 0 bridgehead atoms. The van der Waals surface area contributed by atoms with Crippen LogP contribution < -0.4 is 11.1 Å². The largest absolute Gasteiger partial charge is 0.449 e. The number of amides is 1. The third kappa shape index (κ3) is 5.97. The van der Waals surface area contributed by atoms with Crippen LogP contribution in [0.25, 0.3) is 0 Å². The molecule has 0 rings (SSSR count). The van der Waals surface area contributed by atoms with Gasteiger partial charge in [-0.05, 0) is 12.8 Å². The molecule has 0 aromatic heterocycles. The first-order valence-electron chi connectivity index (χ1n) is 4.14. The van der Waals surface area contributed by atoms with E-state index in [0.717, 1.165) is 0 Å². The van der Waals surface area contributed by atoms with E-state index in [4.69, 9.17) is 10.5 Å². The first kappa shape index (κ1) is 11.2. The number of alkyl carbamates (subject to hydrolysis) is 1. The molecule has 0 heterocycles. The second-order valence-corrected chi connectivity index (χ2v) is 3.24. The molecule has 0 aromatic rings. The van der Waals surface area contributed by atoms with Crippen molar-refractivity contribution < 1.29 is 9.53 Å². The van der Waals surface area contributed by atoms with Gasteiger partial charge in [-0.25, -0.2) is 4.79 Å². The Hall–Kier alpha value is -0.770. The minimum Gasteiger partial charge on any atom is -0.449 e. The van der Waals surface area contributed by atoms with E-state index >= 15 is 0 Å². The number of hydrogen-bond donors (Lipinski definition) is 1. The van der Waals surface area contributed by atoms with Crippen LogP contribution in [0.1, 0.15) is 20.8 Å². The first-order chi connectivity index (χ1) is 5.56. The van der Waals surface area contributed by atoms with Gasteiger partial charge in [0.2, 0.25) is 0 Å². The van der Waals surface area contributed by atoms with Crippen LogP contribution in [0.15, 0.2) is 0 Å². The van der Waals surface area contributed by atoms with Crippen molar-refractivity contribution in [1.29, 1.82) is 0 Å². The van der Waals surface area contributed by atoms with Gasteiger partial charge in [0.1, 0.15) is 0 Å². The number of rotatable bonds is 4. The van der Waals surface area contributed by atoms with Crippen LogP contribution in [0.2, 0.25) is 0 Å². The molecule has 0 aliphatic heterocycles. The summed E-state index contributed by atoms with van der Waals surface area (Å²) in [5.41, 5.74) is 6.95. The molecule has 4 nitrogen and oxygen atoms in total. The van der Waals surface area contributed by atoms with Crippen LogP contribution >= 0.6 is 0 Å². The zero-order valence-electron chi connectivity index (χ0n) is 7.89. The molecular formula is C8H17N2O2. The van der Waals surface area contributed by atoms with E-state index in [1.165, 1.54) is 0 Å². The van der Waals surface area contributed by atoms with E-state index in [9.17, 15) is 4.79 Å². The van der Waals surface area contributed by atoms with Crippen molar-refractivity contribution in [2.45, 2.75) is 26.8 Å². The van der Waals surface area contributed by atoms with Gasteiger partial charge in [0.25, 0.3) is 0 Å². The van der Waals surface area contributed by atoms with Crippen molar-refractivity contribution in [1.82, 2.24) is 11.1 Å². The maximum atomic E-state index is 10.9. The van der Waals surface area contributed by atoms with Crippen molar-refractivity contribution in [3.05, 3.63) is 0 Å². The van der Waals surface area contributed by atoms with Gasteiger partial charge in [-0.1, -0.05) is 13.8 Å². The van der Waals surface area contributed by atoms with Crippen molar-refractivity contribution in [2.24, 2.45) is 5.92 Å². The fourth-order valence-corrected chi connectivity index (χ4v) is 0.536. The number of nitrogens with one attached hydrogen (secondary N) is 2. The highest BCUT2D eigenvalue weighted by molar-refractivity contribution is 5.67. The Balaban J connectivity index is 3.46. The lowest BCUT2D eigenvalue weighted by Gasteiger charge is -2.12. The summed E-state index contributed by atoms with van der Waals surface area (Å²) in [5.74, 6) is 0.349. The molecule has 1 radical (unpaired) electrons. The zero-order valence-corrected chi connectivity index (χ0v) is 7.89. The minimum absolute atomic E-state index is 0.135. The lowest BCUT2D eigenvalue weighted by molar-refractivity contribution is 0.130. The molecule has 0 aliphatic carbocycles. The molecule has 0 aliphatic rings. The molecule has 2 N–H and O–H groups in total. The third-order valence-corrected chi connectivity index (χ3v) is 1.22. The van der Waals surface area contributed by atoms with Gasteiger partial charge in [0.05, 0.1) is 6.61 Å². The van der Waals surface area contributed by atoms with E-state index in [1.807, 2.05) is 13.8 Å². The lowest BCUT2D eigenvalue weighted by Crippen LogP contribution is -2.36. The molecule has 4 heteroatoms. The molecule has 1 unspecified atom stereocenters. The van der Waals surface area contributed by atoms with Crippen molar-refractivity contribution in [2.75, 3.05) is 13.2 Å². The molecule has 0 saturated heterocycles. The Morgan fingerprint density at radius 2 is 2.08 bits per heavy atom. The van der Waals surface area contributed by atoms with Gasteiger partial charge in [0.15, 0.2) is 0 Å². The highest BCUT2D eigenvalue weighted by Gasteiger charge is 2.06. The van der Waals surface area contributed by atoms with Gasteiger partial charge in [-0.2, -0.15) is 0 Å². The maximum Gasteiger partial charge on any atom is 0.407 e. The van der Waals surface area contributed by atoms with Gasteiger partial charge >= 0.3 is 6.09 Å². The molecule has 1 atom stereocenters. The summed E-state index contributed by atoms with van der Waals surface area (Å²) in [5, 5.41) is 2.54. The Kier molecular flexibility index (Phi) is 5.45. The van der Waals surface area contributed by atoms with Gasteiger partial charge in [-0.3, -0.25) is 5.73 Å². The fourth-order valence-electron chi connectivity index (χ4n) is 0.536. The predicted octanol–water partition coefficient (Wildman–Crippen LogP) is 1.04. The van der Waals surface area contributed by atoms with Crippen molar-refractivity contribution in [3.63, 3.8) is 0 Å². The van der Waals surface area contributed by atoms with Gasteiger partial charge in [-0.15, -0.1) is 0 Å². The SMILES string of the molecule is CC(C)COC(=O)NC(C)C[NH]. The van der Waals surface area contributed by atoms with Crippen LogP contribution in [0, 0.1) is 5.92 Å². The summed E-state index contributed by atoms with van der Waals surface area (Å²) < 4.78 is 4.84. The quantitative estimate of drug-likeness (QED) is 0.690. The molecule has 1 amide bonds. The van der Waals surface area contributed by atoms with Crippen LogP contribution in [0.4, 0.5) is 4.79 Å². The maximum absolute atomic E-state index is 10.9. The van der Waals surface area contributed by atoms with E-state index in [-0.39, 0.29) is 12.6 Å². The molecule has 12 heavy (non-hydrogen) atoms. The van der Waals surface area contributed by atoms with E-state index in [2.05, 4.69) is 5.32 Å². The summed E-state index contributed by atoms with van der Waals surface area (Å²) in [4.78, 5) is 10.9. The number of carbonyl (C=O) groups is 1. The second-order valence-electron chi connectivity index (χ2n) is 3.24. The zero-order chi connectivity index (χ0) is 9.56. The highest BCUT2D eigenvalue weighted by Crippen LogP contribution is 1.92. The van der Waals surface area contributed by atoms with Crippen LogP contribution in [0.5, 0.6) is 0 Å². The minimum atomic E-state index is -0.427. The van der Waals surface area contributed by atoms with E-state index < -0.39 is 6.09 Å². The third-order valence-electron chi connectivity index (χ3n) is 1.22.